The molecule has 230 valence electrons. The van der Waals surface area contributed by atoms with Crippen LogP contribution in [-0.4, -0.2) is 103 Å². The highest BCUT2D eigenvalue weighted by Crippen LogP contribution is 2.35. The number of carbonyl (C=O) groups excluding carboxylic acids is 1. The van der Waals surface area contributed by atoms with Crippen LogP contribution in [0.1, 0.15) is 24.4 Å². The van der Waals surface area contributed by atoms with E-state index in [9.17, 15) is 30.3 Å². The summed E-state index contributed by atoms with van der Waals surface area (Å²) in [6, 6.07) is 7.56. The second-order valence-corrected chi connectivity index (χ2v) is 11.1. The van der Waals surface area contributed by atoms with Gasteiger partial charge in [0.2, 0.25) is 12.2 Å². The van der Waals surface area contributed by atoms with Crippen LogP contribution in [0, 0.1) is 5.82 Å². The number of imidazole rings is 1. The third kappa shape index (κ3) is 5.61. The lowest BCUT2D eigenvalue weighted by Gasteiger charge is -2.41. The van der Waals surface area contributed by atoms with Gasteiger partial charge in [-0.2, -0.15) is 0 Å². The first-order valence-corrected chi connectivity index (χ1v) is 13.8. The van der Waals surface area contributed by atoms with Crippen LogP contribution in [0.2, 0.25) is 5.02 Å². The fraction of sp³-hybridized carbons (Fsp3) is 0.429. The highest BCUT2D eigenvalue weighted by molar-refractivity contribution is 6.31. The molecule has 1 aliphatic carbocycles. The van der Waals surface area contributed by atoms with E-state index in [4.69, 9.17) is 30.5 Å². The molecule has 0 unspecified atom stereocenters. The lowest BCUT2D eigenvalue weighted by Crippen LogP contribution is -2.67. The van der Waals surface area contributed by atoms with Gasteiger partial charge in [0.1, 0.15) is 61.4 Å². The predicted molar refractivity (Wildman–Crippen MR) is 146 cm³/mol. The Morgan fingerprint density at radius 1 is 1.05 bits per heavy atom. The number of halogens is 2. The summed E-state index contributed by atoms with van der Waals surface area (Å²) in [6.45, 7) is 1.29. The monoisotopic (exact) mass is 621 g/mol. The number of nitrogens with zero attached hydrogens (tertiary/aromatic N) is 1. The maximum absolute atomic E-state index is 15.0. The van der Waals surface area contributed by atoms with Crippen molar-refractivity contribution in [2.45, 2.75) is 68.1 Å². The number of ether oxygens (including phenoxy) is 4. The summed E-state index contributed by atoms with van der Waals surface area (Å²) in [5.41, 5.74) is 1.56. The molecular weight excluding hydrogens is 593 g/mol. The van der Waals surface area contributed by atoms with Gasteiger partial charge in [-0.1, -0.05) is 17.7 Å². The quantitative estimate of drug-likeness (QED) is 0.187. The molecule has 43 heavy (non-hydrogen) atoms. The number of nitrogens with one attached hydrogen (secondary N) is 2. The fourth-order valence-corrected chi connectivity index (χ4v) is 5.64. The molecule has 1 amide bonds. The minimum absolute atomic E-state index is 0.111. The number of H-pyrrole nitrogens is 1. The second-order valence-electron chi connectivity index (χ2n) is 10.7. The Labute approximate surface area is 248 Å². The van der Waals surface area contributed by atoms with E-state index in [1.54, 1.807) is 18.2 Å². The molecular formula is C28H29ClFN3O10. The first kappa shape index (κ1) is 29.9. The SMILES string of the molecule is C/C(=C\c1ccc(O[C@@H]2O[C@H](c3nc4ccc(Cl)cc4[nH]3)[C@@H](O)[C@@H]2O)c(F)c1)C(=O)N[C@@H]1[C@H](O)[C@@H](O)[C@H]2OCO[C@H]2[C@@H]1O. The number of hydrogen-bond acceptors (Lipinski definition) is 11. The minimum Gasteiger partial charge on any atom is -0.459 e. The molecule has 6 rings (SSSR count). The summed E-state index contributed by atoms with van der Waals surface area (Å²) in [7, 11) is 0. The van der Waals surface area contributed by atoms with Crippen LogP contribution in [0.3, 0.4) is 0 Å². The van der Waals surface area contributed by atoms with Gasteiger partial charge in [0.25, 0.3) is 0 Å². The number of aliphatic hydroxyl groups excluding tert-OH is 5. The Morgan fingerprint density at radius 3 is 2.53 bits per heavy atom. The number of amides is 1. The molecule has 13 nitrogen and oxygen atoms in total. The van der Waals surface area contributed by atoms with Crippen LogP contribution in [-0.2, 0) is 19.0 Å². The van der Waals surface area contributed by atoms with E-state index >= 15 is 4.39 Å². The van der Waals surface area contributed by atoms with Gasteiger partial charge in [-0.3, -0.25) is 4.79 Å². The van der Waals surface area contributed by atoms with E-state index in [1.165, 1.54) is 25.1 Å². The van der Waals surface area contributed by atoms with Crippen LogP contribution < -0.4 is 10.1 Å². The molecule has 7 N–H and O–H groups in total. The van der Waals surface area contributed by atoms with Crippen molar-refractivity contribution in [2.75, 3.05) is 6.79 Å². The lowest BCUT2D eigenvalue weighted by atomic mass is 9.83. The van der Waals surface area contributed by atoms with Crippen molar-refractivity contribution in [1.82, 2.24) is 15.3 Å². The maximum atomic E-state index is 15.0. The van der Waals surface area contributed by atoms with Crippen molar-refractivity contribution in [2.24, 2.45) is 0 Å². The summed E-state index contributed by atoms with van der Waals surface area (Å²) in [4.78, 5) is 20.2. The molecule has 10 atom stereocenters. The lowest BCUT2D eigenvalue weighted by molar-refractivity contribution is -0.155. The van der Waals surface area contributed by atoms with Gasteiger partial charge in [-0.25, -0.2) is 9.37 Å². The third-order valence-corrected chi connectivity index (χ3v) is 8.03. The normalized spacial score (nSPS) is 34.4. The molecule has 3 aromatic rings. The van der Waals surface area contributed by atoms with E-state index in [2.05, 4.69) is 15.3 Å². The molecule has 1 saturated carbocycles. The average Bonchev–Trinajstić information content (AvgIpc) is 3.70. The van der Waals surface area contributed by atoms with E-state index in [-0.39, 0.29) is 29.5 Å². The van der Waals surface area contributed by atoms with Crippen molar-refractivity contribution >= 4 is 34.6 Å². The summed E-state index contributed by atoms with van der Waals surface area (Å²) < 4.78 is 36.7. The zero-order chi connectivity index (χ0) is 30.6. The molecule has 2 saturated heterocycles. The molecule has 2 aromatic carbocycles. The van der Waals surface area contributed by atoms with E-state index in [1.807, 2.05) is 0 Å². The second kappa shape index (κ2) is 11.7. The van der Waals surface area contributed by atoms with Gasteiger partial charge in [0.05, 0.1) is 17.1 Å². The molecule has 2 aliphatic heterocycles. The van der Waals surface area contributed by atoms with Gasteiger partial charge < -0.3 is 54.8 Å². The van der Waals surface area contributed by atoms with Crippen LogP contribution in [0.25, 0.3) is 17.1 Å². The van der Waals surface area contributed by atoms with Crippen molar-refractivity contribution in [3.8, 4) is 5.75 Å². The van der Waals surface area contributed by atoms with E-state index in [0.717, 1.165) is 6.07 Å². The number of rotatable bonds is 6. The summed E-state index contributed by atoms with van der Waals surface area (Å²) in [6.07, 6.45) is -10.2. The predicted octanol–water partition coefficient (Wildman–Crippen LogP) is 0.280. The molecule has 1 aromatic heterocycles. The first-order chi connectivity index (χ1) is 20.5. The zero-order valence-corrected chi connectivity index (χ0v) is 23.3. The summed E-state index contributed by atoms with van der Waals surface area (Å²) >= 11 is 6.01. The van der Waals surface area contributed by atoms with Gasteiger partial charge in [-0.15, -0.1) is 0 Å². The minimum atomic E-state index is -1.52. The Morgan fingerprint density at radius 2 is 1.79 bits per heavy atom. The van der Waals surface area contributed by atoms with Crippen molar-refractivity contribution in [3.05, 3.63) is 64.2 Å². The number of hydrogen-bond donors (Lipinski definition) is 7. The molecule has 0 spiro atoms. The number of aromatic nitrogens is 2. The van der Waals surface area contributed by atoms with Gasteiger partial charge >= 0.3 is 0 Å². The highest BCUT2D eigenvalue weighted by Gasteiger charge is 2.53. The average molecular weight is 622 g/mol. The Bertz CT molecular complexity index is 1550. The largest absolute Gasteiger partial charge is 0.459 e. The van der Waals surface area contributed by atoms with E-state index < -0.39 is 72.9 Å². The smallest absolute Gasteiger partial charge is 0.247 e. The number of benzene rings is 2. The molecule has 0 radical (unpaired) electrons. The standard InChI is InChI=1S/C28H29ClFN3O10/c1-10(27(39)33-17-18(34)20(36)24-23(19(17)35)40-9-41-24)6-11-2-5-16(13(30)7-11)42-28-22(38)21(37)25(43-28)26-31-14-4-3-12(29)8-15(14)32-26/h2-8,17-25,28,34-38H,9H2,1H3,(H,31,32)(H,33,39)/b10-6+/t17-,18+,19-,20-,21+,22+,23+,24-,25+,28-/m1/s1. The molecule has 3 aliphatic rings. The van der Waals surface area contributed by atoms with Crippen LogP contribution in [0.5, 0.6) is 5.75 Å². The summed E-state index contributed by atoms with van der Waals surface area (Å²) in [5, 5.41) is 55.4. The zero-order valence-electron chi connectivity index (χ0n) is 22.5. The van der Waals surface area contributed by atoms with E-state index in [0.29, 0.717) is 16.1 Å². The molecule has 0 bridgehead atoms. The molecule has 15 heteroatoms. The number of aromatic amines is 1. The fourth-order valence-electron chi connectivity index (χ4n) is 5.47. The van der Waals surface area contributed by atoms with Crippen LogP contribution >= 0.6 is 11.6 Å². The van der Waals surface area contributed by atoms with Gasteiger partial charge in [-0.05, 0) is 48.9 Å². The topological polar surface area (TPSA) is 196 Å². The number of fused-ring (bicyclic) bond motifs is 2. The number of carbonyl (C=O) groups is 1. The Hall–Kier alpha value is -3.18. The van der Waals surface area contributed by atoms with Crippen LogP contribution in [0.4, 0.5) is 4.39 Å². The summed E-state index contributed by atoms with van der Waals surface area (Å²) in [5.74, 6) is -1.55. The van der Waals surface area contributed by atoms with Crippen molar-refractivity contribution in [3.63, 3.8) is 0 Å². The van der Waals surface area contributed by atoms with Crippen molar-refractivity contribution in [1.29, 1.82) is 0 Å². The van der Waals surface area contributed by atoms with Gasteiger partial charge in [0.15, 0.2) is 11.6 Å². The third-order valence-electron chi connectivity index (χ3n) is 7.79. The molecule has 3 heterocycles. The molecule has 3 fully saturated rings. The van der Waals surface area contributed by atoms with Crippen LogP contribution in [0.15, 0.2) is 42.0 Å². The highest BCUT2D eigenvalue weighted by atomic mass is 35.5. The Kier molecular flexibility index (Phi) is 8.14. The number of aliphatic hydroxyl groups is 5. The maximum Gasteiger partial charge on any atom is 0.247 e. The Balaban J connectivity index is 1.11. The van der Waals surface area contributed by atoms with Crippen molar-refractivity contribution < 1.29 is 53.7 Å². The first-order valence-electron chi connectivity index (χ1n) is 13.4. The van der Waals surface area contributed by atoms with Gasteiger partial charge in [0, 0.05) is 10.6 Å².